The molecule has 0 aliphatic heterocycles. The summed E-state index contributed by atoms with van der Waals surface area (Å²) in [6.07, 6.45) is 0. The number of nitroso groups, excluding NO2 is 1. The third kappa shape index (κ3) is 4.67. The number of hydrogen-bond donors (Lipinski definition) is 1. The Balaban J connectivity index is 0. The molecule has 0 spiro atoms. The molecule has 0 aliphatic rings. The molecule has 0 aromatic carbocycles. The quantitative estimate of drug-likeness (QED) is 0.272. The molecule has 0 heterocycles. The molecular weight excluding hydrogens is 161 g/mol. The van der Waals surface area contributed by atoms with Gasteiger partial charge < -0.3 is 10.3 Å². The largest absolute Gasteiger partial charge is 1.00 e. The summed E-state index contributed by atoms with van der Waals surface area (Å²) in [7, 11) is 1.37. The van der Waals surface area contributed by atoms with Gasteiger partial charge in [-0.15, -0.1) is 4.91 Å². The van der Waals surface area contributed by atoms with Crippen molar-refractivity contribution >= 4 is 0 Å². The number of aliphatic hydroxyl groups is 1. The van der Waals surface area contributed by atoms with Gasteiger partial charge in [0.25, 0.3) is 0 Å². The number of hydrazine groups is 1. The molecule has 0 aliphatic carbocycles. The van der Waals surface area contributed by atoms with Crippen LogP contribution < -0.4 is 29.6 Å². The molecular formula is C4H10N3NaO3. The Morgan fingerprint density at radius 3 is 2.45 bits per heavy atom. The Bertz CT molecular complexity index is 115. The smallest absolute Gasteiger partial charge is 0.724 e. The van der Waals surface area contributed by atoms with Crippen LogP contribution in [-0.4, -0.2) is 35.1 Å². The molecule has 1 unspecified atom stereocenters. The van der Waals surface area contributed by atoms with Crippen molar-refractivity contribution in [3.63, 3.8) is 0 Å². The Morgan fingerprint density at radius 2 is 2.18 bits per heavy atom. The monoisotopic (exact) mass is 171 g/mol. The number of nitrogens with zero attached hydrogens (tertiary/aromatic N) is 3. The van der Waals surface area contributed by atoms with Crippen LogP contribution in [0.2, 0.25) is 0 Å². The fourth-order valence-electron chi connectivity index (χ4n) is 0.344. The van der Waals surface area contributed by atoms with Crippen LogP contribution in [-0.2, 0) is 0 Å². The molecule has 0 aromatic rings. The molecule has 0 rings (SSSR count). The standard InChI is InChI=1S/C4H10N3O3.Na/c1-4(3-8)6(2)7(10)5-9;/h4,8H,3H2,1-2H3;/q-1;+1. The number of likely N-dealkylation sites (N-methyl/N-ethyl adjacent to an activating group) is 1. The first kappa shape index (κ1) is 13.8. The van der Waals surface area contributed by atoms with Gasteiger partial charge in [0, 0.05) is 7.05 Å². The van der Waals surface area contributed by atoms with Gasteiger partial charge in [-0.3, -0.25) is 5.28 Å². The second-order valence-corrected chi connectivity index (χ2v) is 1.94. The van der Waals surface area contributed by atoms with Crippen LogP contribution in [0.4, 0.5) is 0 Å². The van der Waals surface area contributed by atoms with Gasteiger partial charge in [0.2, 0.25) is 0 Å². The first-order valence-corrected chi connectivity index (χ1v) is 2.77. The molecule has 1 N–H and O–H groups in total. The van der Waals surface area contributed by atoms with E-state index < -0.39 is 6.04 Å². The average Bonchev–Trinajstić information content (AvgIpc) is 2.00. The van der Waals surface area contributed by atoms with Crippen molar-refractivity contribution in [2.75, 3.05) is 13.7 Å². The molecule has 7 heteroatoms. The van der Waals surface area contributed by atoms with Gasteiger partial charge in [0.1, 0.15) is 0 Å². The van der Waals surface area contributed by atoms with Crippen LogP contribution in [0.1, 0.15) is 6.92 Å². The predicted octanol–water partition coefficient (Wildman–Crippen LogP) is -3.30. The molecule has 11 heavy (non-hydrogen) atoms. The van der Waals surface area contributed by atoms with Gasteiger partial charge in [-0.2, -0.15) is 0 Å². The number of aliphatic hydroxyl groups excluding tert-OH is 1. The van der Waals surface area contributed by atoms with E-state index in [0.717, 1.165) is 5.01 Å². The normalized spacial score (nSPS) is 12.1. The average molecular weight is 171 g/mol. The predicted molar refractivity (Wildman–Crippen MR) is 35.3 cm³/mol. The Labute approximate surface area is 86.9 Å². The van der Waals surface area contributed by atoms with Crippen molar-refractivity contribution in [3.8, 4) is 0 Å². The van der Waals surface area contributed by atoms with Gasteiger partial charge in [-0.05, 0) is 6.92 Å². The molecule has 0 amide bonds. The van der Waals surface area contributed by atoms with Crippen LogP contribution >= 0.6 is 0 Å². The van der Waals surface area contributed by atoms with Crippen LogP contribution in [0.3, 0.4) is 0 Å². The fraction of sp³-hybridized carbons (Fsp3) is 1.00. The first-order valence-electron chi connectivity index (χ1n) is 2.77. The van der Waals surface area contributed by atoms with Crippen molar-refractivity contribution in [2.24, 2.45) is 5.29 Å². The second-order valence-electron chi connectivity index (χ2n) is 1.94. The third-order valence-electron chi connectivity index (χ3n) is 1.24. The minimum Gasteiger partial charge on any atom is -0.724 e. The van der Waals surface area contributed by atoms with Crippen LogP contribution in [0.25, 0.3) is 0 Å². The van der Waals surface area contributed by atoms with E-state index in [1.807, 2.05) is 0 Å². The minimum atomic E-state index is -0.393. The molecule has 6 nitrogen and oxygen atoms in total. The Morgan fingerprint density at radius 1 is 1.73 bits per heavy atom. The maximum atomic E-state index is 10.4. The van der Waals surface area contributed by atoms with Crippen LogP contribution in [0.15, 0.2) is 5.29 Å². The van der Waals surface area contributed by atoms with Crippen molar-refractivity contribution in [1.82, 2.24) is 10.3 Å². The van der Waals surface area contributed by atoms with E-state index >= 15 is 0 Å². The number of hydrogen-bond acceptors (Lipinski definition) is 5. The fourth-order valence-corrected chi connectivity index (χ4v) is 0.344. The maximum absolute atomic E-state index is 10.4. The van der Waals surface area contributed by atoms with E-state index in [2.05, 4.69) is 5.29 Å². The topological polar surface area (TPSA) is 79.2 Å². The van der Waals surface area contributed by atoms with Crippen LogP contribution in [0, 0.1) is 10.1 Å². The summed E-state index contributed by atoms with van der Waals surface area (Å²) < 4.78 is 0. The Kier molecular flexibility index (Phi) is 8.76. The molecule has 60 valence electrons. The van der Waals surface area contributed by atoms with Gasteiger partial charge in [-0.1, -0.05) is 0 Å². The zero-order valence-corrected chi connectivity index (χ0v) is 8.89. The summed E-state index contributed by atoms with van der Waals surface area (Å²) in [5.41, 5.74) is 0. The number of rotatable bonds is 4. The summed E-state index contributed by atoms with van der Waals surface area (Å²) >= 11 is 0. The van der Waals surface area contributed by atoms with E-state index in [4.69, 9.17) is 5.11 Å². The summed E-state index contributed by atoms with van der Waals surface area (Å²) in [5.74, 6) is 0. The van der Waals surface area contributed by atoms with E-state index in [-0.39, 0.29) is 41.4 Å². The maximum Gasteiger partial charge on any atom is 1.00 e. The van der Waals surface area contributed by atoms with Crippen molar-refractivity contribution < 1.29 is 34.7 Å². The van der Waals surface area contributed by atoms with Gasteiger partial charge >= 0.3 is 29.6 Å². The van der Waals surface area contributed by atoms with Gasteiger partial charge in [0.05, 0.1) is 17.9 Å². The van der Waals surface area contributed by atoms with E-state index in [1.165, 1.54) is 7.05 Å². The van der Waals surface area contributed by atoms with Gasteiger partial charge in [-0.25, -0.2) is 5.01 Å². The summed E-state index contributed by atoms with van der Waals surface area (Å²) in [6, 6.07) is -0.393. The van der Waals surface area contributed by atoms with Crippen molar-refractivity contribution in [2.45, 2.75) is 13.0 Å². The molecule has 0 aromatic heterocycles. The van der Waals surface area contributed by atoms with E-state index in [1.54, 1.807) is 6.92 Å². The first-order chi connectivity index (χ1) is 4.63. The van der Waals surface area contributed by atoms with Crippen molar-refractivity contribution in [1.29, 1.82) is 0 Å². The summed E-state index contributed by atoms with van der Waals surface area (Å²) in [4.78, 5) is 9.61. The molecule has 0 fully saturated rings. The molecule has 1 atom stereocenters. The Hall–Kier alpha value is 0.280. The van der Waals surface area contributed by atoms with Crippen LogP contribution in [0.5, 0.6) is 0 Å². The molecule has 0 radical (unpaired) electrons. The SMILES string of the molecule is CC(CO)N(C)N([O-])N=O.[Na+]. The minimum absolute atomic E-state index is 0. The van der Waals surface area contributed by atoms with Gasteiger partial charge in [0.15, 0.2) is 0 Å². The van der Waals surface area contributed by atoms with Crippen molar-refractivity contribution in [3.05, 3.63) is 10.1 Å². The third-order valence-corrected chi connectivity index (χ3v) is 1.24. The second kappa shape index (κ2) is 6.96. The zero-order valence-electron chi connectivity index (χ0n) is 6.89. The van der Waals surface area contributed by atoms with E-state index in [9.17, 15) is 10.1 Å². The molecule has 0 saturated carbocycles. The van der Waals surface area contributed by atoms with E-state index in [0.29, 0.717) is 0 Å². The summed E-state index contributed by atoms with van der Waals surface area (Å²) in [6.45, 7) is 1.40. The molecule has 0 saturated heterocycles. The summed E-state index contributed by atoms with van der Waals surface area (Å²) in [5, 5.41) is 21.8. The molecule has 0 bridgehead atoms. The zero-order chi connectivity index (χ0) is 8.15.